The summed E-state index contributed by atoms with van der Waals surface area (Å²) in [5, 5.41) is 0. The van der Waals surface area contributed by atoms with Gasteiger partial charge in [0, 0.05) is 0 Å². The number of rotatable bonds is 0. The first-order valence-corrected chi connectivity index (χ1v) is 3.38. The molecule has 0 radical (unpaired) electrons. The van der Waals surface area contributed by atoms with E-state index in [4.69, 9.17) is 34.8 Å². The van der Waals surface area contributed by atoms with Crippen molar-refractivity contribution in [2.75, 3.05) is 0 Å². The van der Waals surface area contributed by atoms with Crippen molar-refractivity contribution in [2.45, 2.75) is 17.2 Å². The van der Waals surface area contributed by atoms with Crippen LogP contribution in [0.5, 0.6) is 0 Å². The van der Waals surface area contributed by atoms with Gasteiger partial charge in [-0.15, -0.1) is 0 Å². The molecule has 0 N–H and O–H groups in total. The van der Waals surface area contributed by atoms with E-state index in [1.165, 1.54) is 0 Å². The van der Waals surface area contributed by atoms with E-state index >= 15 is 0 Å². The second-order valence-electron chi connectivity index (χ2n) is 1.23. The van der Waals surface area contributed by atoms with E-state index in [-0.39, 0.29) is 0 Å². The van der Waals surface area contributed by atoms with Gasteiger partial charge in [0.1, 0.15) is 0 Å². The van der Waals surface area contributed by atoms with Crippen molar-refractivity contribution in [3.63, 3.8) is 0 Å². The Morgan fingerprint density at radius 3 is 1.11 bits per heavy atom. The lowest BCUT2D eigenvalue weighted by Gasteiger charge is -2.25. The highest BCUT2D eigenvalue weighted by Gasteiger charge is 2.25. The summed E-state index contributed by atoms with van der Waals surface area (Å²) in [5.74, 6) is -2.78. The molecular formula is C3H3Cl3O3. The first-order chi connectivity index (χ1) is 4.18. The van der Waals surface area contributed by atoms with Crippen LogP contribution in [-0.4, -0.2) is 17.2 Å². The maximum absolute atomic E-state index is 5.31. The molecule has 1 aliphatic rings. The maximum atomic E-state index is 5.31. The minimum atomic E-state index is -0.927. The highest BCUT2D eigenvalue weighted by atomic mass is 35.5. The SMILES string of the molecule is ClC1OC(Cl)OC(Cl)O1. The molecule has 0 saturated carbocycles. The molecule has 1 aliphatic heterocycles. The van der Waals surface area contributed by atoms with Crippen molar-refractivity contribution < 1.29 is 14.2 Å². The predicted octanol–water partition coefficient (Wildman–Crippen LogP) is 1.62. The van der Waals surface area contributed by atoms with Gasteiger partial charge in [0.05, 0.1) is 0 Å². The monoisotopic (exact) mass is 192 g/mol. The second kappa shape index (κ2) is 3.23. The van der Waals surface area contributed by atoms with E-state index in [2.05, 4.69) is 14.2 Å². The Labute approximate surface area is 66.7 Å². The molecule has 9 heavy (non-hydrogen) atoms. The minimum absolute atomic E-state index is 0.927. The Morgan fingerprint density at radius 1 is 0.667 bits per heavy atom. The van der Waals surface area contributed by atoms with Crippen LogP contribution >= 0.6 is 34.8 Å². The van der Waals surface area contributed by atoms with Crippen molar-refractivity contribution >= 4 is 34.8 Å². The van der Waals surface area contributed by atoms with Crippen LogP contribution in [0.4, 0.5) is 0 Å². The quantitative estimate of drug-likeness (QED) is 0.547. The highest BCUT2D eigenvalue weighted by molar-refractivity contribution is 6.23. The first-order valence-electron chi connectivity index (χ1n) is 2.07. The van der Waals surface area contributed by atoms with Crippen LogP contribution in [0.2, 0.25) is 0 Å². The third-order valence-corrected chi connectivity index (χ3v) is 1.26. The fourth-order valence-corrected chi connectivity index (χ4v) is 1.07. The van der Waals surface area contributed by atoms with Crippen LogP contribution in [0, 0.1) is 0 Å². The Bertz CT molecular complexity index is 75.3. The zero-order chi connectivity index (χ0) is 6.85. The van der Waals surface area contributed by atoms with Crippen LogP contribution in [0.3, 0.4) is 0 Å². The molecule has 0 unspecified atom stereocenters. The van der Waals surface area contributed by atoms with Crippen molar-refractivity contribution in [3.05, 3.63) is 0 Å². The summed E-state index contributed by atoms with van der Waals surface area (Å²) in [6.07, 6.45) is 0. The minimum Gasteiger partial charge on any atom is -0.295 e. The molecule has 3 nitrogen and oxygen atoms in total. The smallest absolute Gasteiger partial charge is 0.243 e. The topological polar surface area (TPSA) is 27.7 Å². The summed E-state index contributed by atoms with van der Waals surface area (Å²) in [5.41, 5.74) is 0. The zero-order valence-electron chi connectivity index (χ0n) is 4.09. The largest absolute Gasteiger partial charge is 0.295 e. The number of ether oxygens (including phenoxy) is 3. The van der Waals surface area contributed by atoms with Gasteiger partial charge in [0.25, 0.3) is 0 Å². The summed E-state index contributed by atoms with van der Waals surface area (Å²) in [6, 6.07) is 0. The van der Waals surface area contributed by atoms with Crippen LogP contribution in [0.1, 0.15) is 0 Å². The Hall–Kier alpha value is 0.750. The summed E-state index contributed by atoms with van der Waals surface area (Å²) in [6.45, 7) is 0. The molecule has 0 bridgehead atoms. The van der Waals surface area contributed by atoms with Crippen molar-refractivity contribution in [1.82, 2.24) is 0 Å². The normalized spacial score (nSPS) is 45.0. The van der Waals surface area contributed by atoms with E-state index in [1.54, 1.807) is 0 Å². The lowest BCUT2D eigenvalue weighted by atomic mass is 11.1. The summed E-state index contributed by atoms with van der Waals surface area (Å²) in [7, 11) is 0. The van der Waals surface area contributed by atoms with E-state index < -0.39 is 17.2 Å². The average molecular weight is 193 g/mol. The van der Waals surface area contributed by atoms with Gasteiger partial charge in [-0.3, -0.25) is 14.2 Å². The molecule has 1 rings (SSSR count). The number of alkyl halides is 3. The van der Waals surface area contributed by atoms with Crippen LogP contribution in [-0.2, 0) is 14.2 Å². The van der Waals surface area contributed by atoms with Crippen molar-refractivity contribution in [2.24, 2.45) is 0 Å². The molecule has 0 aromatic carbocycles. The van der Waals surface area contributed by atoms with Gasteiger partial charge in [0.2, 0.25) is 17.2 Å². The maximum Gasteiger partial charge on any atom is 0.243 e. The first kappa shape index (κ1) is 7.85. The van der Waals surface area contributed by atoms with Gasteiger partial charge >= 0.3 is 0 Å². The van der Waals surface area contributed by atoms with Gasteiger partial charge in [0.15, 0.2) is 0 Å². The van der Waals surface area contributed by atoms with Crippen LogP contribution in [0.15, 0.2) is 0 Å². The Balaban J connectivity index is 2.34. The lowest BCUT2D eigenvalue weighted by Crippen LogP contribution is -2.32. The van der Waals surface area contributed by atoms with Crippen LogP contribution in [0.25, 0.3) is 0 Å². The third-order valence-electron chi connectivity index (χ3n) is 0.642. The van der Waals surface area contributed by atoms with Gasteiger partial charge in [-0.25, -0.2) is 0 Å². The number of hydrogen-bond donors (Lipinski definition) is 0. The van der Waals surface area contributed by atoms with E-state index in [0.29, 0.717) is 0 Å². The van der Waals surface area contributed by atoms with Crippen molar-refractivity contribution in [1.29, 1.82) is 0 Å². The fraction of sp³-hybridized carbons (Fsp3) is 1.00. The second-order valence-corrected chi connectivity index (χ2v) is 2.30. The molecule has 0 aromatic rings. The van der Waals surface area contributed by atoms with Crippen LogP contribution < -0.4 is 0 Å². The lowest BCUT2D eigenvalue weighted by molar-refractivity contribution is -0.305. The molecule has 54 valence electrons. The van der Waals surface area contributed by atoms with Gasteiger partial charge < -0.3 is 0 Å². The van der Waals surface area contributed by atoms with Gasteiger partial charge in [-0.1, -0.05) is 34.8 Å². The average Bonchev–Trinajstić information content (AvgIpc) is 1.59. The molecule has 1 heterocycles. The molecule has 1 saturated heterocycles. The fourth-order valence-electron chi connectivity index (χ4n) is 0.349. The predicted molar refractivity (Wildman–Crippen MR) is 32.2 cm³/mol. The molecule has 0 spiro atoms. The molecule has 0 aliphatic carbocycles. The number of hydrogen-bond acceptors (Lipinski definition) is 3. The van der Waals surface area contributed by atoms with Gasteiger partial charge in [-0.05, 0) is 0 Å². The molecule has 0 atom stereocenters. The van der Waals surface area contributed by atoms with E-state index in [1.807, 2.05) is 0 Å². The molecular weight excluding hydrogens is 190 g/mol. The summed E-state index contributed by atoms with van der Waals surface area (Å²) < 4.78 is 13.7. The molecule has 0 amide bonds. The molecule has 1 fully saturated rings. The van der Waals surface area contributed by atoms with E-state index in [9.17, 15) is 0 Å². The standard InChI is InChI=1S/C3H3Cl3O3/c4-1-7-2(5)9-3(6)8-1/h1-3H. The van der Waals surface area contributed by atoms with Crippen molar-refractivity contribution in [3.8, 4) is 0 Å². The zero-order valence-corrected chi connectivity index (χ0v) is 6.36. The third kappa shape index (κ3) is 2.45. The van der Waals surface area contributed by atoms with E-state index in [0.717, 1.165) is 0 Å². The number of halogens is 3. The summed E-state index contributed by atoms with van der Waals surface area (Å²) in [4.78, 5) is 0. The highest BCUT2D eigenvalue weighted by Crippen LogP contribution is 2.21. The summed E-state index contributed by atoms with van der Waals surface area (Å²) >= 11 is 15.9. The van der Waals surface area contributed by atoms with Gasteiger partial charge in [-0.2, -0.15) is 0 Å². The Morgan fingerprint density at radius 2 is 0.889 bits per heavy atom. The molecule has 0 aromatic heterocycles. The Kier molecular flexibility index (Phi) is 2.82. The molecule has 6 heteroatoms.